The van der Waals surface area contributed by atoms with E-state index in [9.17, 15) is 9.18 Å². The Balaban J connectivity index is 0.00000144. The molecule has 3 heterocycles. The summed E-state index contributed by atoms with van der Waals surface area (Å²) in [5.74, 6) is 0.410. The number of halogens is 2. The molecular formula is C17H22ClFN2O. The van der Waals surface area contributed by atoms with Gasteiger partial charge in [-0.05, 0) is 55.7 Å². The third-order valence-corrected chi connectivity index (χ3v) is 5.28. The summed E-state index contributed by atoms with van der Waals surface area (Å²) in [6, 6.07) is 6.03. The molecule has 5 heteroatoms. The topological polar surface area (TPSA) is 32.3 Å². The van der Waals surface area contributed by atoms with E-state index in [1.54, 1.807) is 4.90 Å². The smallest absolute Gasteiger partial charge is 0.227 e. The molecule has 0 saturated carbocycles. The summed E-state index contributed by atoms with van der Waals surface area (Å²) < 4.78 is 13.4. The Hall–Kier alpha value is -1.13. The van der Waals surface area contributed by atoms with Gasteiger partial charge in [0.1, 0.15) is 5.82 Å². The van der Waals surface area contributed by atoms with Gasteiger partial charge < -0.3 is 10.2 Å². The lowest BCUT2D eigenvalue weighted by Gasteiger charge is -2.30. The number of nitrogens with zero attached hydrogens (tertiary/aromatic N) is 1. The molecule has 0 aliphatic carbocycles. The number of fused-ring (bicyclic) bond motifs is 3. The first-order valence-corrected chi connectivity index (χ1v) is 8.04. The summed E-state index contributed by atoms with van der Waals surface area (Å²) >= 11 is 0. The van der Waals surface area contributed by atoms with Crippen molar-refractivity contribution < 1.29 is 9.18 Å². The van der Waals surface area contributed by atoms with Gasteiger partial charge in [0.25, 0.3) is 0 Å². The quantitative estimate of drug-likeness (QED) is 0.907. The maximum Gasteiger partial charge on any atom is 0.227 e. The zero-order valence-electron chi connectivity index (χ0n) is 12.6. The van der Waals surface area contributed by atoms with Crippen LogP contribution in [0.1, 0.15) is 37.7 Å². The Morgan fingerprint density at radius 3 is 2.73 bits per heavy atom. The molecule has 2 fully saturated rings. The van der Waals surface area contributed by atoms with Crippen LogP contribution in [0, 0.1) is 11.7 Å². The highest BCUT2D eigenvalue weighted by Gasteiger charge is 2.35. The minimum atomic E-state index is -0.256. The zero-order valence-corrected chi connectivity index (χ0v) is 13.4. The second-order valence-corrected chi connectivity index (χ2v) is 6.75. The van der Waals surface area contributed by atoms with Crippen molar-refractivity contribution in [2.24, 2.45) is 5.92 Å². The summed E-state index contributed by atoms with van der Waals surface area (Å²) in [6.07, 6.45) is 6.21. The van der Waals surface area contributed by atoms with E-state index in [-0.39, 0.29) is 24.1 Å². The number of piperidine rings is 1. The van der Waals surface area contributed by atoms with E-state index in [1.807, 2.05) is 6.07 Å². The Morgan fingerprint density at radius 1 is 1.27 bits per heavy atom. The molecule has 22 heavy (non-hydrogen) atoms. The lowest BCUT2D eigenvalue weighted by atomic mass is 9.89. The predicted molar refractivity (Wildman–Crippen MR) is 87.0 cm³/mol. The molecule has 3 aliphatic heterocycles. The standard InChI is InChI=1S/C17H21FN2O.ClH/c18-13-2-1-12-5-6-20(16(12)10-13)17(21)9-11-7-14-3-4-15(8-11)19-14;/h1-2,10-11,14-15,19H,3-9H2;1H. The first-order chi connectivity index (χ1) is 10.2. The molecule has 2 bridgehead atoms. The SMILES string of the molecule is Cl.O=C(CC1CC2CCC(C1)N2)N1CCc2ccc(F)cc21. The van der Waals surface area contributed by atoms with Crippen molar-refractivity contribution in [3.8, 4) is 0 Å². The number of carbonyl (C=O) groups excluding carboxylic acids is 1. The number of hydrogen-bond donors (Lipinski definition) is 1. The van der Waals surface area contributed by atoms with Crippen molar-refractivity contribution in [2.45, 2.75) is 50.6 Å². The Labute approximate surface area is 136 Å². The van der Waals surface area contributed by atoms with Crippen LogP contribution < -0.4 is 10.2 Å². The molecular weight excluding hydrogens is 303 g/mol. The number of anilines is 1. The molecule has 1 N–H and O–H groups in total. The Bertz CT molecular complexity index is 568. The van der Waals surface area contributed by atoms with Crippen LogP contribution in [0.2, 0.25) is 0 Å². The number of hydrogen-bond acceptors (Lipinski definition) is 2. The summed E-state index contributed by atoms with van der Waals surface area (Å²) in [5.41, 5.74) is 1.88. The highest BCUT2D eigenvalue weighted by Crippen LogP contribution is 2.35. The van der Waals surface area contributed by atoms with Gasteiger partial charge in [0.2, 0.25) is 5.91 Å². The fraction of sp³-hybridized carbons (Fsp3) is 0.588. The van der Waals surface area contributed by atoms with Gasteiger partial charge in [0, 0.05) is 30.7 Å². The van der Waals surface area contributed by atoms with E-state index in [1.165, 1.54) is 25.0 Å². The molecule has 0 spiro atoms. The average Bonchev–Trinajstić information content (AvgIpc) is 3.02. The summed E-state index contributed by atoms with van der Waals surface area (Å²) in [5, 5.41) is 3.61. The summed E-state index contributed by atoms with van der Waals surface area (Å²) in [7, 11) is 0. The summed E-state index contributed by atoms with van der Waals surface area (Å²) in [6.45, 7) is 0.704. The Morgan fingerprint density at radius 2 is 2.00 bits per heavy atom. The number of carbonyl (C=O) groups is 1. The van der Waals surface area contributed by atoms with Gasteiger partial charge in [-0.25, -0.2) is 4.39 Å². The van der Waals surface area contributed by atoms with Gasteiger partial charge in [-0.3, -0.25) is 4.79 Å². The largest absolute Gasteiger partial charge is 0.312 e. The molecule has 0 aromatic heterocycles. The molecule has 1 aromatic rings. The molecule has 2 saturated heterocycles. The first-order valence-electron chi connectivity index (χ1n) is 8.04. The average molecular weight is 325 g/mol. The van der Waals surface area contributed by atoms with Gasteiger partial charge in [0.05, 0.1) is 0 Å². The zero-order chi connectivity index (χ0) is 14.4. The van der Waals surface area contributed by atoms with Crippen molar-refractivity contribution in [2.75, 3.05) is 11.4 Å². The molecule has 1 amide bonds. The number of benzene rings is 1. The third-order valence-electron chi connectivity index (χ3n) is 5.28. The monoisotopic (exact) mass is 324 g/mol. The maximum absolute atomic E-state index is 13.4. The van der Waals surface area contributed by atoms with Crippen LogP contribution in [-0.4, -0.2) is 24.5 Å². The number of nitrogens with one attached hydrogen (secondary N) is 1. The van der Waals surface area contributed by atoms with Crippen LogP contribution >= 0.6 is 12.4 Å². The first kappa shape index (κ1) is 15.8. The van der Waals surface area contributed by atoms with Gasteiger partial charge >= 0.3 is 0 Å². The van der Waals surface area contributed by atoms with Gasteiger partial charge in [-0.1, -0.05) is 6.07 Å². The van der Waals surface area contributed by atoms with Crippen LogP contribution in [-0.2, 0) is 11.2 Å². The van der Waals surface area contributed by atoms with E-state index >= 15 is 0 Å². The van der Waals surface area contributed by atoms with Crippen LogP contribution in [0.25, 0.3) is 0 Å². The van der Waals surface area contributed by atoms with Crippen LogP contribution in [0.5, 0.6) is 0 Å². The maximum atomic E-state index is 13.4. The van der Waals surface area contributed by atoms with E-state index in [2.05, 4.69) is 5.32 Å². The molecule has 0 radical (unpaired) electrons. The van der Waals surface area contributed by atoms with Gasteiger partial charge in [0.15, 0.2) is 0 Å². The lowest BCUT2D eigenvalue weighted by Crippen LogP contribution is -2.40. The molecule has 120 valence electrons. The third kappa shape index (κ3) is 2.86. The highest BCUT2D eigenvalue weighted by atomic mass is 35.5. The van der Waals surface area contributed by atoms with E-state index in [4.69, 9.17) is 0 Å². The van der Waals surface area contributed by atoms with Gasteiger partial charge in [-0.2, -0.15) is 0 Å². The molecule has 3 aliphatic rings. The van der Waals surface area contributed by atoms with Crippen LogP contribution in [0.15, 0.2) is 18.2 Å². The van der Waals surface area contributed by atoms with Crippen molar-refractivity contribution in [3.05, 3.63) is 29.6 Å². The van der Waals surface area contributed by atoms with Crippen molar-refractivity contribution in [1.82, 2.24) is 5.32 Å². The lowest BCUT2D eigenvalue weighted by molar-refractivity contribution is -0.119. The molecule has 2 unspecified atom stereocenters. The minimum absolute atomic E-state index is 0. The van der Waals surface area contributed by atoms with E-state index in [0.29, 0.717) is 31.0 Å². The minimum Gasteiger partial charge on any atom is -0.312 e. The van der Waals surface area contributed by atoms with Crippen LogP contribution in [0.4, 0.5) is 10.1 Å². The second kappa shape index (κ2) is 6.17. The van der Waals surface area contributed by atoms with Gasteiger partial charge in [-0.15, -0.1) is 12.4 Å². The fourth-order valence-electron chi connectivity index (χ4n) is 4.31. The molecule has 1 aromatic carbocycles. The molecule has 2 atom stereocenters. The number of amides is 1. The van der Waals surface area contributed by atoms with Crippen molar-refractivity contribution in [1.29, 1.82) is 0 Å². The number of rotatable bonds is 2. The predicted octanol–water partition coefficient (Wildman–Crippen LogP) is 3.06. The van der Waals surface area contributed by atoms with Crippen molar-refractivity contribution in [3.63, 3.8) is 0 Å². The van der Waals surface area contributed by atoms with E-state index in [0.717, 1.165) is 30.5 Å². The highest BCUT2D eigenvalue weighted by molar-refractivity contribution is 5.95. The molecule has 3 nitrogen and oxygen atoms in total. The molecule has 4 rings (SSSR count). The van der Waals surface area contributed by atoms with Crippen LogP contribution in [0.3, 0.4) is 0 Å². The second-order valence-electron chi connectivity index (χ2n) is 6.75. The van der Waals surface area contributed by atoms with E-state index < -0.39 is 0 Å². The Kier molecular flexibility index (Phi) is 4.42. The summed E-state index contributed by atoms with van der Waals surface area (Å²) in [4.78, 5) is 14.4. The van der Waals surface area contributed by atoms with Crippen molar-refractivity contribution >= 4 is 24.0 Å². The fourth-order valence-corrected chi connectivity index (χ4v) is 4.31. The normalized spacial score (nSPS) is 29.1.